The summed E-state index contributed by atoms with van der Waals surface area (Å²) in [5.41, 5.74) is 9.41. The minimum absolute atomic E-state index is 0.630. The molecule has 0 aliphatic carbocycles. The fourth-order valence-corrected chi connectivity index (χ4v) is 17.1. The van der Waals surface area contributed by atoms with E-state index in [0.717, 1.165) is 50.0 Å². The van der Waals surface area contributed by atoms with Gasteiger partial charge in [0.15, 0.2) is 8.07 Å². The summed E-state index contributed by atoms with van der Waals surface area (Å²) in [7, 11) is -2.74. The Morgan fingerprint density at radius 2 is 0.743 bits per heavy atom. The van der Waals surface area contributed by atoms with Gasteiger partial charge in [-0.2, -0.15) is 0 Å². The van der Waals surface area contributed by atoms with E-state index in [9.17, 15) is 0 Å². The maximum absolute atomic E-state index is 5.55. The molecule has 14 aromatic rings. The number of nitrogens with zero attached hydrogens (tertiary/aromatic N) is 4. The van der Waals surface area contributed by atoms with Crippen molar-refractivity contribution in [1.29, 1.82) is 0 Å². The summed E-state index contributed by atoms with van der Waals surface area (Å²) in [6, 6.07) is 93.1. The molecule has 0 amide bonds. The van der Waals surface area contributed by atoms with Crippen LogP contribution in [-0.4, -0.2) is 27.2 Å². The van der Waals surface area contributed by atoms with Crippen LogP contribution in [0.1, 0.15) is 0 Å². The van der Waals surface area contributed by atoms with E-state index in [0.29, 0.717) is 5.95 Å². The van der Waals surface area contributed by atoms with Gasteiger partial charge in [-0.05, 0) is 75.3 Å². The van der Waals surface area contributed by atoms with Crippen molar-refractivity contribution in [2.24, 2.45) is 0 Å². The average Bonchev–Trinajstić information content (AvgIpc) is 4.09. The molecule has 14 rings (SSSR count). The normalized spacial score (nSPS) is 12.0. The van der Waals surface area contributed by atoms with Crippen LogP contribution in [-0.2, 0) is 0 Å². The molecule has 4 aromatic heterocycles. The smallest absolute Gasteiger partial charge is 0.235 e. The van der Waals surface area contributed by atoms with Crippen molar-refractivity contribution in [2.75, 3.05) is 0 Å². The Morgan fingerprint density at radius 3 is 1.34 bits per heavy atom. The Morgan fingerprint density at radius 1 is 0.300 bits per heavy atom. The van der Waals surface area contributed by atoms with Crippen molar-refractivity contribution in [3.05, 3.63) is 255 Å². The molecule has 328 valence electrons. The van der Waals surface area contributed by atoms with Gasteiger partial charge in [0.05, 0.1) is 33.5 Å². The molecule has 0 aliphatic heterocycles. The molecule has 4 nitrogen and oxygen atoms in total. The molecule has 0 atom stereocenters. The summed E-state index contributed by atoms with van der Waals surface area (Å²) in [4.78, 5) is 11.1. The van der Waals surface area contributed by atoms with E-state index in [1.165, 1.54) is 62.7 Å². The first-order valence-corrected chi connectivity index (χ1v) is 26.6. The second kappa shape index (κ2) is 16.2. The van der Waals surface area contributed by atoms with E-state index in [2.05, 4.69) is 264 Å². The number of hydrogen-bond acceptors (Lipinski definition) is 3. The van der Waals surface area contributed by atoms with E-state index < -0.39 is 8.07 Å². The minimum Gasteiger partial charge on any atom is -0.309 e. The van der Waals surface area contributed by atoms with Crippen LogP contribution in [0.3, 0.4) is 0 Å². The maximum Gasteiger partial charge on any atom is 0.235 e. The molecule has 6 heteroatoms. The number of rotatable bonds is 8. The van der Waals surface area contributed by atoms with Crippen LogP contribution in [0.5, 0.6) is 0 Å². The molecular formula is C64H42N4SSi. The number of hydrogen-bond donors (Lipinski definition) is 0. The van der Waals surface area contributed by atoms with E-state index in [4.69, 9.17) is 9.97 Å². The first-order chi connectivity index (χ1) is 34.7. The molecule has 0 spiro atoms. The molecule has 70 heavy (non-hydrogen) atoms. The predicted molar refractivity (Wildman–Crippen MR) is 298 cm³/mol. The summed E-state index contributed by atoms with van der Waals surface area (Å²) in [6.07, 6.45) is 0. The Hall–Kier alpha value is -8.68. The van der Waals surface area contributed by atoms with Crippen LogP contribution in [0.4, 0.5) is 0 Å². The standard InChI is InChI=1S/C64H42N4SSi/c1-4-18-46(19-5-1)70(47-20-6-2-7-21-47,48-22-8-3-9-23-48)49-36-32-43(33-37-49)56-42-57(44-34-38-54-53-27-13-17-31-62(53)69-63(54)40-44)66-64(65-56)68-60-30-16-12-26-52(60)55-41-45(35-39-61(55)68)67-58-28-14-10-24-50(58)51-25-11-15-29-59(51)67/h1-42H. The maximum atomic E-state index is 5.55. The van der Waals surface area contributed by atoms with E-state index >= 15 is 0 Å². The lowest BCUT2D eigenvalue weighted by Gasteiger charge is -2.34. The van der Waals surface area contributed by atoms with Gasteiger partial charge in [-0.1, -0.05) is 200 Å². The molecule has 0 unspecified atom stereocenters. The zero-order chi connectivity index (χ0) is 46.2. The molecule has 10 aromatic carbocycles. The van der Waals surface area contributed by atoms with Crippen molar-refractivity contribution in [2.45, 2.75) is 0 Å². The highest BCUT2D eigenvalue weighted by Crippen LogP contribution is 2.39. The molecule has 0 saturated heterocycles. The third-order valence-corrected chi connectivity index (χ3v) is 20.2. The van der Waals surface area contributed by atoms with Crippen molar-refractivity contribution >= 4 is 104 Å². The van der Waals surface area contributed by atoms with Crippen molar-refractivity contribution in [3.63, 3.8) is 0 Å². The number of para-hydroxylation sites is 3. The molecule has 0 bridgehead atoms. The fourth-order valence-electron chi connectivity index (χ4n) is 11.2. The van der Waals surface area contributed by atoms with Crippen LogP contribution in [0.2, 0.25) is 0 Å². The second-order valence-electron chi connectivity index (χ2n) is 18.1. The van der Waals surface area contributed by atoms with Gasteiger partial charge in [-0.25, -0.2) is 9.97 Å². The summed E-state index contributed by atoms with van der Waals surface area (Å²) < 4.78 is 7.18. The molecular weight excluding hydrogens is 885 g/mol. The van der Waals surface area contributed by atoms with Crippen LogP contribution in [0.15, 0.2) is 255 Å². The lowest BCUT2D eigenvalue weighted by atomic mass is 10.1. The first-order valence-electron chi connectivity index (χ1n) is 23.8. The predicted octanol–water partition coefficient (Wildman–Crippen LogP) is 13.8. The SMILES string of the molecule is c1ccc([Si](c2ccccc2)(c2ccccc2)c2ccc(-c3cc(-c4ccc5c(c4)sc4ccccc45)nc(-n4c5ccccc5c5cc(-n6c7ccccc7c7ccccc76)ccc54)n3)cc2)cc1. The Labute approximate surface area is 409 Å². The first kappa shape index (κ1) is 40.4. The zero-order valence-electron chi connectivity index (χ0n) is 37.9. The van der Waals surface area contributed by atoms with Gasteiger partial charge in [0, 0.05) is 58.5 Å². The zero-order valence-corrected chi connectivity index (χ0v) is 39.8. The molecule has 0 N–H and O–H groups in total. The van der Waals surface area contributed by atoms with Crippen molar-refractivity contribution in [1.82, 2.24) is 19.1 Å². The lowest BCUT2D eigenvalue weighted by Crippen LogP contribution is -2.74. The van der Waals surface area contributed by atoms with Gasteiger partial charge in [0.2, 0.25) is 5.95 Å². The fraction of sp³-hybridized carbons (Fsp3) is 0. The van der Waals surface area contributed by atoms with Gasteiger partial charge in [0.25, 0.3) is 0 Å². The van der Waals surface area contributed by atoms with Crippen molar-refractivity contribution in [3.8, 4) is 34.2 Å². The van der Waals surface area contributed by atoms with E-state index in [1.807, 2.05) is 11.3 Å². The molecule has 0 radical (unpaired) electrons. The minimum atomic E-state index is -2.74. The highest BCUT2D eigenvalue weighted by molar-refractivity contribution is 7.25. The highest BCUT2D eigenvalue weighted by atomic mass is 32.1. The van der Waals surface area contributed by atoms with E-state index in [1.54, 1.807) is 0 Å². The largest absolute Gasteiger partial charge is 0.309 e. The lowest BCUT2D eigenvalue weighted by molar-refractivity contribution is 0.995. The quantitative estimate of drug-likeness (QED) is 0.112. The topological polar surface area (TPSA) is 35.6 Å². The van der Waals surface area contributed by atoms with Crippen LogP contribution >= 0.6 is 11.3 Å². The Balaban J connectivity index is 0.981. The summed E-state index contributed by atoms with van der Waals surface area (Å²) in [6.45, 7) is 0. The molecule has 0 fully saturated rings. The summed E-state index contributed by atoms with van der Waals surface area (Å²) in [5, 5.41) is 12.7. The Bertz CT molecular complexity index is 4140. The number of benzene rings is 10. The monoisotopic (exact) mass is 926 g/mol. The van der Waals surface area contributed by atoms with Crippen LogP contribution in [0, 0.1) is 0 Å². The van der Waals surface area contributed by atoms with Gasteiger partial charge < -0.3 is 4.57 Å². The van der Waals surface area contributed by atoms with Gasteiger partial charge in [-0.15, -0.1) is 11.3 Å². The van der Waals surface area contributed by atoms with E-state index in [-0.39, 0.29) is 0 Å². The Kier molecular flexibility index (Phi) is 9.37. The summed E-state index contributed by atoms with van der Waals surface area (Å²) in [5.74, 6) is 0.630. The number of aromatic nitrogens is 4. The van der Waals surface area contributed by atoms with Crippen LogP contribution in [0.25, 0.3) is 97.9 Å². The summed E-state index contributed by atoms with van der Waals surface area (Å²) >= 11 is 1.83. The third kappa shape index (κ3) is 6.27. The number of thiophene rings is 1. The van der Waals surface area contributed by atoms with Crippen LogP contribution < -0.4 is 20.7 Å². The van der Waals surface area contributed by atoms with Gasteiger partial charge in [0.1, 0.15) is 0 Å². The number of fused-ring (bicyclic) bond motifs is 9. The van der Waals surface area contributed by atoms with Gasteiger partial charge in [-0.3, -0.25) is 4.57 Å². The van der Waals surface area contributed by atoms with Gasteiger partial charge >= 0.3 is 0 Å². The molecule has 0 aliphatic rings. The average molecular weight is 927 g/mol. The second-order valence-corrected chi connectivity index (χ2v) is 23.0. The molecule has 4 heterocycles. The molecule has 0 saturated carbocycles. The third-order valence-electron chi connectivity index (χ3n) is 14.3. The van der Waals surface area contributed by atoms with Crippen molar-refractivity contribution < 1.29 is 0 Å². The highest BCUT2D eigenvalue weighted by Gasteiger charge is 2.41.